The van der Waals surface area contributed by atoms with Crippen molar-refractivity contribution in [1.29, 1.82) is 0 Å². The van der Waals surface area contributed by atoms with Crippen molar-refractivity contribution < 1.29 is 4.79 Å². The second-order valence-corrected chi connectivity index (χ2v) is 4.00. The molecule has 0 radical (unpaired) electrons. The summed E-state index contributed by atoms with van der Waals surface area (Å²) in [6.45, 7) is 10.0. The van der Waals surface area contributed by atoms with Gasteiger partial charge in [-0.3, -0.25) is 0 Å². The van der Waals surface area contributed by atoms with Crippen molar-refractivity contribution >= 4 is 6.29 Å². The zero-order valence-corrected chi connectivity index (χ0v) is 8.21. The minimum atomic E-state index is 0.153. The van der Waals surface area contributed by atoms with E-state index in [1.807, 2.05) is 12.2 Å². The van der Waals surface area contributed by atoms with E-state index in [1.54, 1.807) is 6.08 Å². The van der Waals surface area contributed by atoms with Crippen molar-refractivity contribution in [1.82, 2.24) is 0 Å². The molecule has 0 aliphatic rings. The second-order valence-electron chi connectivity index (χ2n) is 4.00. The highest BCUT2D eigenvalue weighted by Gasteiger charge is 2.20. The van der Waals surface area contributed by atoms with Gasteiger partial charge in [-0.15, -0.1) is 0 Å². The lowest BCUT2D eigenvalue weighted by molar-refractivity contribution is -0.108. The first-order valence-electron chi connectivity index (χ1n) is 4.25. The third-order valence-corrected chi connectivity index (χ3v) is 1.94. The number of hydrogen-bond acceptors (Lipinski definition) is 1. The Bertz CT molecular complexity index is 172. The maximum atomic E-state index is 10.4. The average molecular weight is 166 g/mol. The molecule has 0 saturated carbocycles. The van der Waals surface area contributed by atoms with E-state index in [0.29, 0.717) is 12.3 Å². The van der Waals surface area contributed by atoms with E-state index in [2.05, 4.69) is 27.4 Å². The summed E-state index contributed by atoms with van der Waals surface area (Å²) in [6.07, 6.45) is 7.25. The van der Waals surface area contributed by atoms with E-state index in [9.17, 15) is 4.79 Å². The molecule has 0 aromatic heterocycles. The van der Waals surface area contributed by atoms with E-state index in [1.165, 1.54) is 0 Å². The molecule has 1 unspecified atom stereocenters. The number of carbonyl (C=O) groups is 1. The molecule has 68 valence electrons. The van der Waals surface area contributed by atoms with Crippen LogP contribution >= 0.6 is 0 Å². The van der Waals surface area contributed by atoms with Crippen molar-refractivity contribution in [3.63, 3.8) is 0 Å². The van der Waals surface area contributed by atoms with Gasteiger partial charge < -0.3 is 4.79 Å². The highest BCUT2D eigenvalue weighted by Crippen LogP contribution is 2.28. The van der Waals surface area contributed by atoms with Crippen LogP contribution in [0.4, 0.5) is 0 Å². The van der Waals surface area contributed by atoms with Crippen LogP contribution in [0.1, 0.15) is 27.2 Å². The summed E-state index contributed by atoms with van der Waals surface area (Å²) in [5, 5.41) is 0. The van der Waals surface area contributed by atoms with E-state index >= 15 is 0 Å². The topological polar surface area (TPSA) is 17.1 Å². The highest BCUT2D eigenvalue weighted by atomic mass is 16.1. The lowest BCUT2D eigenvalue weighted by Crippen LogP contribution is -2.18. The van der Waals surface area contributed by atoms with Crippen LogP contribution in [0.15, 0.2) is 24.8 Å². The van der Waals surface area contributed by atoms with Gasteiger partial charge in [0.25, 0.3) is 0 Å². The lowest BCUT2D eigenvalue weighted by atomic mass is 9.79. The van der Waals surface area contributed by atoms with Crippen molar-refractivity contribution in [3.05, 3.63) is 24.8 Å². The molecular weight excluding hydrogens is 148 g/mol. The zero-order valence-electron chi connectivity index (χ0n) is 8.21. The minimum Gasteiger partial charge on any atom is -0.303 e. The van der Waals surface area contributed by atoms with Gasteiger partial charge in [0.05, 0.1) is 0 Å². The predicted octanol–water partition coefficient (Wildman–Crippen LogP) is 2.98. The Balaban J connectivity index is 4.32. The van der Waals surface area contributed by atoms with E-state index < -0.39 is 0 Å². The van der Waals surface area contributed by atoms with Gasteiger partial charge in [0, 0.05) is 6.42 Å². The van der Waals surface area contributed by atoms with Gasteiger partial charge in [-0.1, -0.05) is 45.6 Å². The first-order chi connectivity index (χ1) is 5.52. The molecule has 0 aromatic carbocycles. The molecule has 0 aromatic rings. The van der Waals surface area contributed by atoms with Crippen LogP contribution in [0.5, 0.6) is 0 Å². The Hall–Kier alpha value is -0.850. The number of aldehydes is 1. The third kappa shape index (κ3) is 4.12. The van der Waals surface area contributed by atoms with Crippen LogP contribution in [-0.2, 0) is 4.79 Å². The number of rotatable bonds is 4. The lowest BCUT2D eigenvalue weighted by Gasteiger charge is -2.26. The molecule has 0 saturated heterocycles. The minimum absolute atomic E-state index is 0.153. The molecule has 1 nitrogen and oxygen atoms in total. The molecule has 0 heterocycles. The molecule has 0 aliphatic carbocycles. The first-order valence-corrected chi connectivity index (χ1v) is 4.25. The normalized spacial score (nSPS) is 14.6. The molecule has 1 heteroatoms. The first kappa shape index (κ1) is 11.2. The maximum Gasteiger partial charge on any atom is 0.120 e. The van der Waals surface area contributed by atoms with Crippen LogP contribution < -0.4 is 0 Å². The molecule has 0 amide bonds. The molecule has 0 aliphatic heterocycles. The van der Waals surface area contributed by atoms with Gasteiger partial charge in [0.15, 0.2) is 0 Å². The summed E-state index contributed by atoms with van der Waals surface area (Å²) >= 11 is 0. The Morgan fingerprint density at radius 2 is 2.00 bits per heavy atom. The summed E-state index contributed by atoms with van der Waals surface area (Å²) < 4.78 is 0. The van der Waals surface area contributed by atoms with Crippen LogP contribution in [0.25, 0.3) is 0 Å². The van der Waals surface area contributed by atoms with E-state index in [0.717, 1.165) is 6.29 Å². The van der Waals surface area contributed by atoms with Crippen molar-refractivity contribution in [2.75, 3.05) is 0 Å². The maximum absolute atomic E-state index is 10.4. The van der Waals surface area contributed by atoms with Gasteiger partial charge in [-0.25, -0.2) is 0 Å². The molecule has 0 rings (SSSR count). The molecular formula is C11H18O. The summed E-state index contributed by atoms with van der Waals surface area (Å²) in [7, 11) is 0. The highest BCUT2D eigenvalue weighted by molar-refractivity contribution is 5.50. The van der Waals surface area contributed by atoms with Crippen molar-refractivity contribution in [2.45, 2.75) is 27.2 Å². The molecule has 0 bridgehead atoms. The Morgan fingerprint density at radius 3 is 2.33 bits per heavy atom. The van der Waals surface area contributed by atoms with Crippen LogP contribution in [0, 0.1) is 11.3 Å². The van der Waals surface area contributed by atoms with Crippen LogP contribution in [0.2, 0.25) is 0 Å². The smallest absolute Gasteiger partial charge is 0.120 e. The van der Waals surface area contributed by atoms with Gasteiger partial charge in [-0.05, 0) is 11.3 Å². The fourth-order valence-electron chi connectivity index (χ4n) is 1.04. The van der Waals surface area contributed by atoms with Gasteiger partial charge >= 0.3 is 0 Å². The molecule has 0 fully saturated rings. The van der Waals surface area contributed by atoms with Crippen LogP contribution in [-0.4, -0.2) is 6.29 Å². The van der Waals surface area contributed by atoms with E-state index in [-0.39, 0.29) is 5.41 Å². The van der Waals surface area contributed by atoms with Crippen molar-refractivity contribution in [3.8, 4) is 0 Å². The monoisotopic (exact) mass is 166 g/mol. The van der Waals surface area contributed by atoms with Gasteiger partial charge in [0.2, 0.25) is 0 Å². The fourth-order valence-corrected chi connectivity index (χ4v) is 1.04. The van der Waals surface area contributed by atoms with Crippen molar-refractivity contribution in [2.24, 2.45) is 11.3 Å². The summed E-state index contributed by atoms with van der Waals surface area (Å²) in [5.41, 5.74) is 0.153. The van der Waals surface area contributed by atoms with Gasteiger partial charge in [0.1, 0.15) is 6.29 Å². The largest absolute Gasteiger partial charge is 0.303 e. The Labute approximate surface area is 75.2 Å². The third-order valence-electron chi connectivity index (χ3n) is 1.94. The summed E-state index contributed by atoms with van der Waals surface area (Å²) in [4.78, 5) is 10.4. The number of allylic oxidation sites excluding steroid dienone is 3. The van der Waals surface area contributed by atoms with E-state index in [4.69, 9.17) is 0 Å². The summed E-state index contributed by atoms with van der Waals surface area (Å²) in [6, 6.07) is 0. The molecule has 1 atom stereocenters. The molecule has 12 heavy (non-hydrogen) atoms. The molecule has 0 N–H and O–H groups in total. The SMILES string of the molecule is C=C/C=C/C(CC=O)C(C)(C)C. The second kappa shape index (κ2) is 4.91. The number of hydrogen-bond donors (Lipinski definition) is 0. The zero-order chi connectivity index (χ0) is 9.61. The average Bonchev–Trinajstić information content (AvgIpc) is 1.95. The fraction of sp³-hybridized carbons (Fsp3) is 0.545. The summed E-state index contributed by atoms with van der Waals surface area (Å²) in [5.74, 6) is 0.313. The number of carbonyl (C=O) groups excluding carboxylic acids is 1. The Kier molecular flexibility index (Phi) is 4.57. The predicted molar refractivity (Wildman–Crippen MR) is 53.0 cm³/mol. The standard InChI is InChI=1S/C11H18O/c1-5-6-7-10(8-9-12)11(2,3)4/h5-7,9-10H,1,8H2,2-4H3/b7-6+. The van der Waals surface area contributed by atoms with Crippen LogP contribution in [0.3, 0.4) is 0 Å². The van der Waals surface area contributed by atoms with Gasteiger partial charge in [-0.2, -0.15) is 0 Å². The Morgan fingerprint density at radius 1 is 1.42 bits per heavy atom. The molecule has 0 spiro atoms. The quantitative estimate of drug-likeness (QED) is 0.463.